The highest BCUT2D eigenvalue weighted by atomic mass is 28.3. The number of hydrogen-bond donors (Lipinski definition) is 0. The molecule has 0 saturated carbocycles. The van der Waals surface area contributed by atoms with E-state index in [0.29, 0.717) is 5.75 Å². The molecule has 1 rings (SSSR count). The molecule has 0 spiro atoms. The number of carbonyl (C=O) groups excluding carboxylic acids is 1. The Balaban J connectivity index is 2.99. The van der Waals surface area contributed by atoms with Crippen LogP contribution in [0, 0.1) is 11.5 Å². The molecule has 1 aromatic rings. The van der Waals surface area contributed by atoms with Crippen LogP contribution in [0.5, 0.6) is 5.75 Å². The third-order valence-corrected chi connectivity index (χ3v) is 8.37. The Morgan fingerprint density at radius 3 is 2.45 bits per heavy atom. The molecular formula is C18H24O3Si. The summed E-state index contributed by atoms with van der Waals surface area (Å²) < 4.78 is 10.0. The van der Waals surface area contributed by atoms with Gasteiger partial charge in [0.15, 0.2) is 0 Å². The summed E-state index contributed by atoms with van der Waals surface area (Å²) in [5.41, 5.74) is 4.28. The van der Waals surface area contributed by atoms with Crippen molar-refractivity contribution in [2.24, 2.45) is 0 Å². The highest BCUT2D eigenvalue weighted by molar-refractivity contribution is 6.87. The molecule has 0 aromatic heterocycles. The van der Waals surface area contributed by atoms with Gasteiger partial charge in [-0.3, -0.25) is 0 Å². The van der Waals surface area contributed by atoms with Gasteiger partial charge >= 0.3 is 5.97 Å². The fourth-order valence-corrected chi connectivity index (χ4v) is 2.14. The predicted molar refractivity (Wildman–Crippen MR) is 92.3 cm³/mol. The van der Waals surface area contributed by atoms with Gasteiger partial charge in [0.05, 0.1) is 25.0 Å². The number of benzene rings is 1. The maximum atomic E-state index is 11.0. The quantitative estimate of drug-likeness (QED) is 0.276. The van der Waals surface area contributed by atoms with Gasteiger partial charge in [-0.1, -0.05) is 51.9 Å². The van der Waals surface area contributed by atoms with Crippen LogP contribution in [0.15, 0.2) is 36.6 Å². The first-order valence-electron chi connectivity index (χ1n) is 7.21. The standard InChI is InChI=1S/C18H24O3Si/c1-18(2,3)22(5,6)14-12-15-9-7-8-10-16(15)21-13-11-17(19)20-4/h7-11,13H,1-6H3/b13-11+. The summed E-state index contributed by atoms with van der Waals surface area (Å²) in [6.45, 7) is 11.2. The summed E-state index contributed by atoms with van der Waals surface area (Å²) in [6.07, 6.45) is 2.55. The van der Waals surface area contributed by atoms with Crippen molar-refractivity contribution in [3.63, 3.8) is 0 Å². The lowest BCUT2D eigenvalue weighted by atomic mass is 10.2. The zero-order valence-corrected chi connectivity index (χ0v) is 15.2. The van der Waals surface area contributed by atoms with Crippen molar-refractivity contribution in [3.05, 3.63) is 42.2 Å². The summed E-state index contributed by atoms with van der Waals surface area (Å²) in [7, 11) is -0.350. The van der Waals surface area contributed by atoms with E-state index in [2.05, 4.69) is 50.1 Å². The van der Waals surface area contributed by atoms with Crippen molar-refractivity contribution < 1.29 is 14.3 Å². The van der Waals surface area contributed by atoms with Crippen LogP contribution in [0.2, 0.25) is 18.1 Å². The monoisotopic (exact) mass is 316 g/mol. The maximum absolute atomic E-state index is 11.0. The molecule has 3 nitrogen and oxygen atoms in total. The third kappa shape index (κ3) is 5.08. The second-order valence-electron chi connectivity index (χ2n) is 6.56. The van der Waals surface area contributed by atoms with Crippen LogP contribution in [0.1, 0.15) is 26.3 Å². The van der Waals surface area contributed by atoms with Crippen LogP contribution < -0.4 is 4.74 Å². The molecule has 0 amide bonds. The van der Waals surface area contributed by atoms with Crippen LogP contribution in [-0.4, -0.2) is 21.2 Å². The minimum absolute atomic E-state index is 0.209. The molecule has 0 saturated heterocycles. The van der Waals surface area contributed by atoms with Crippen molar-refractivity contribution in [3.8, 4) is 17.2 Å². The number of methoxy groups -OCH3 is 1. The normalized spacial score (nSPS) is 11.7. The molecule has 0 N–H and O–H groups in total. The zero-order valence-electron chi connectivity index (χ0n) is 14.2. The molecule has 0 atom stereocenters. The third-order valence-electron chi connectivity index (χ3n) is 3.87. The van der Waals surface area contributed by atoms with Gasteiger partial charge in [0.25, 0.3) is 0 Å². The van der Waals surface area contributed by atoms with Gasteiger partial charge in [-0.25, -0.2) is 4.79 Å². The first-order valence-corrected chi connectivity index (χ1v) is 10.2. The average molecular weight is 316 g/mol. The smallest absolute Gasteiger partial charge is 0.333 e. The minimum Gasteiger partial charge on any atom is -0.466 e. The van der Waals surface area contributed by atoms with E-state index in [1.807, 2.05) is 24.3 Å². The van der Waals surface area contributed by atoms with Crippen molar-refractivity contribution in [1.29, 1.82) is 0 Å². The highest BCUT2D eigenvalue weighted by Gasteiger charge is 2.33. The van der Waals surface area contributed by atoms with Crippen molar-refractivity contribution in [2.45, 2.75) is 38.9 Å². The van der Waals surface area contributed by atoms with Gasteiger partial charge in [-0.2, -0.15) is 0 Å². The summed E-state index contributed by atoms with van der Waals surface area (Å²) in [4.78, 5) is 11.0. The van der Waals surface area contributed by atoms with E-state index in [9.17, 15) is 4.79 Å². The number of ether oxygens (including phenoxy) is 2. The topological polar surface area (TPSA) is 35.5 Å². The molecule has 118 valence electrons. The van der Waals surface area contributed by atoms with Gasteiger partial charge in [-0.15, -0.1) is 5.54 Å². The van der Waals surface area contributed by atoms with E-state index in [-0.39, 0.29) is 5.04 Å². The number of para-hydroxylation sites is 1. The Morgan fingerprint density at radius 2 is 1.86 bits per heavy atom. The Morgan fingerprint density at radius 1 is 1.23 bits per heavy atom. The number of carbonyl (C=O) groups is 1. The number of rotatable bonds is 3. The summed E-state index contributed by atoms with van der Waals surface area (Å²) >= 11 is 0. The van der Waals surface area contributed by atoms with Gasteiger partial charge in [0, 0.05) is 0 Å². The van der Waals surface area contributed by atoms with Crippen molar-refractivity contribution >= 4 is 14.0 Å². The Kier molecular flexibility index (Phi) is 6.01. The molecule has 0 aliphatic rings. The molecule has 0 heterocycles. The van der Waals surface area contributed by atoms with Gasteiger partial charge in [0.2, 0.25) is 0 Å². The van der Waals surface area contributed by atoms with Gasteiger partial charge < -0.3 is 9.47 Å². The van der Waals surface area contributed by atoms with E-state index in [0.717, 1.165) is 5.56 Å². The average Bonchev–Trinajstić information content (AvgIpc) is 2.45. The van der Waals surface area contributed by atoms with E-state index in [1.165, 1.54) is 19.4 Å². The first kappa shape index (κ1) is 18.1. The second kappa shape index (κ2) is 7.32. The van der Waals surface area contributed by atoms with Crippen molar-refractivity contribution in [2.75, 3.05) is 7.11 Å². The summed E-state index contributed by atoms with van der Waals surface area (Å²) in [6, 6.07) is 7.55. The molecular weight excluding hydrogens is 292 g/mol. The van der Waals surface area contributed by atoms with Crippen LogP contribution in [0.25, 0.3) is 0 Å². The second-order valence-corrected chi connectivity index (χ2v) is 11.6. The molecule has 0 fully saturated rings. The summed E-state index contributed by atoms with van der Waals surface area (Å²) in [5, 5.41) is 0.209. The van der Waals surface area contributed by atoms with Crippen LogP contribution in [-0.2, 0) is 9.53 Å². The fourth-order valence-electron chi connectivity index (χ4n) is 1.31. The fraction of sp³-hybridized carbons (Fsp3) is 0.389. The Bertz CT molecular complexity index is 613. The van der Waals surface area contributed by atoms with Crippen LogP contribution >= 0.6 is 0 Å². The highest BCUT2D eigenvalue weighted by Crippen LogP contribution is 2.35. The van der Waals surface area contributed by atoms with E-state index < -0.39 is 14.0 Å². The molecule has 22 heavy (non-hydrogen) atoms. The molecule has 0 radical (unpaired) electrons. The van der Waals surface area contributed by atoms with E-state index in [4.69, 9.17) is 4.74 Å². The molecule has 0 aliphatic heterocycles. The molecule has 1 aromatic carbocycles. The molecule has 4 heteroatoms. The van der Waals surface area contributed by atoms with Crippen LogP contribution in [0.4, 0.5) is 0 Å². The minimum atomic E-state index is -1.67. The number of hydrogen-bond acceptors (Lipinski definition) is 3. The van der Waals surface area contributed by atoms with Gasteiger partial charge in [0.1, 0.15) is 13.8 Å². The van der Waals surface area contributed by atoms with E-state index >= 15 is 0 Å². The molecule has 0 aliphatic carbocycles. The largest absolute Gasteiger partial charge is 0.466 e. The Hall–Kier alpha value is -1.99. The number of esters is 1. The molecule has 0 bridgehead atoms. The van der Waals surface area contributed by atoms with Gasteiger partial charge in [-0.05, 0) is 17.2 Å². The first-order chi connectivity index (χ1) is 10.2. The maximum Gasteiger partial charge on any atom is 0.333 e. The SMILES string of the molecule is COC(=O)/C=C/Oc1ccccc1C#C[Si](C)(C)C(C)(C)C. The summed E-state index contributed by atoms with van der Waals surface area (Å²) in [5.74, 6) is 3.43. The zero-order chi connectivity index (χ0) is 16.8. The predicted octanol–water partition coefficient (Wildman–Crippen LogP) is 4.15. The lowest BCUT2D eigenvalue weighted by Gasteiger charge is -2.31. The molecule has 0 unspecified atom stereocenters. The lowest BCUT2D eigenvalue weighted by molar-refractivity contribution is -0.134. The van der Waals surface area contributed by atoms with Crippen molar-refractivity contribution in [1.82, 2.24) is 0 Å². The lowest BCUT2D eigenvalue weighted by Crippen LogP contribution is -2.35. The Labute approximate surface area is 134 Å². The van der Waals surface area contributed by atoms with Crippen LogP contribution in [0.3, 0.4) is 0 Å². The van der Waals surface area contributed by atoms with E-state index in [1.54, 1.807) is 0 Å².